The summed E-state index contributed by atoms with van der Waals surface area (Å²) in [6, 6.07) is 8.22. The number of ether oxygens (including phenoxy) is 1. The van der Waals surface area contributed by atoms with Crippen LogP contribution in [0.5, 0.6) is 5.75 Å². The summed E-state index contributed by atoms with van der Waals surface area (Å²) < 4.78 is 6.21. The van der Waals surface area contributed by atoms with Crippen molar-refractivity contribution in [2.45, 2.75) is 6.42 Å². The number of halogens is 1. The van der Waals surface area contributed by atoms with Gasteiger partial charge in [0.15, 0.2) is 5.96 Å². The first-order chi connectivity index (χ1) is 10.6. The molecule has 4 nitrogen and oxygen atoms in total. The molecular formula is C17H22BrN3O. The van der Waals surface area contributed by atoms with Crippen molar-refractivity contribution in [1.29, 1.82) is 0 Å². The molecule has 0 unspecified atom stereocenters. The molecule has 1 aromatic rings. The topological polar surface area (TPSA) is 36.9 Å². The molecule has 0 amide bonds. The fourth-order valence-corrected chi connectivity index (χ4v) is 2.59. The minimum Gasteiger partial charge on any atom is -0.497 e. The van der Waals surface area contributed by atoms with Gasteiger partial charge < -0.3 is 15.0 Å². The van der Waals surface area contributed by atoms with Crippen molar-refractivity contribution in [3.05, 3.63) is 47.0 Å². The number of benzene rings is 1. The summed E-state index contributed by atoms with van der Waals surface area (Å²) >= 11 is 3.36. The smallest absolute Gasteiger partial charge is 0.194 e. The molecule has 1 aromatic carbocycles. The molecular weight excluding hydrogens is 342 g/mol. The molecule has 2 rings (SSSR count). The minimum absolute atomic E-state index is 0.676. The van der Waals surface area contributed by atoms with E-state index in [1.165, 1.54) is 11.1 Å². The van der Waals surface area contributed by atoms with Gasteiger partial charge in [0.1, 0.15) is 5.75 Å². The standard InChI is InChI=1S/C17H22BrN3O/c1-13(18)12-20-17(19-2)21-9-7-14(8-10-21)15-5-4-6-16(11-15)22-3/h4-7,11H,1,8-10,12H2,2-3H3,(H,19,20). The Hall–Kier alpha value is -1.75. The Morgan fingerprint density at radius 1 is 1.50 bits per heavy atom. The van der Waals surface area contributed by atoms with Crippen molar-refractivity contribution in [2.24, 2.45) is 4.99 Å². The average Bonchev–Trinajstić information content (AvgIpc) is 2.56. The van der Waals surface area contributed by atoms with Crippen molar-refractivity contribution < 1.29 is 4.74 Å². The van der Waals surface area contributed by atoms with Crippen LogP contribution in [0.4, 0.5) is 0 Å². The van der Waals surface area contributed by atoms with E-state index in [2.05, 4.69) is 55.9 Å². The highest BCUT2D eigenvalue weighted by molar-refractivity contribution is 9.11. The zero-order valence-corrected chi connectivity index (χ0v) is 14.7. The van der Waals surface area contributed by atoms with Crippen LogP contribution in [0.2, 0.25) is 0 Å². The third-order valence-electron chi connectivity index (χ3n) is 3.60. The minimum atomic E-state index is 0.676. The maximum absolute atomic E-state index is 5.30. The molecule has 5 heteroatoms. The Bertz CT molecular complexity index is 595. The normalized spacial score (nSPS) is 15.3. The average molecular weight is 364 g/mol. The molecule has 0 spiro atoms. The summed E-state index contributed by atoms with van der Waals surface area (Å²) in [5.74, 6) is 1.80. The Kier molecular flexibility index (Phi) is 6.07. The Labute approximate surface area is 140 Å². The van der Waals surface area contributed by atoms with Crippen LogP contribution in [0.15, 0.2) is 46.4 Å². The van der Waals surface area contributed by atoms with E-state index in [9.17, 15) is 0 Å². The molecule has 1 heterocycles. The van der Waals surface area contributed by atoms with Gasteiger partial charge in [0.25, 0.3) is 0 Å². The molecule has 0 aliphatic carbocycles. The predicted molar refractivity (Wildman–Crippen MR) is 96.6 cm³/mol. The maximum atomic E-state index is 5.30. The van der Waals surface area contributed by atoms with E-state index in [0.29, 0.717) is 6.54 Å². The monoisotopic (exact) mass is 363 g/mol. The largest absolute Gasteiger partial charge is 0.497 e. The fourth-order valence-electron chi connectivity index (χ4n) is 2.45. The summed E-state index contributed by atoms with van der Waals surface area (Å²) in [6.45, 7) is 6.30. The predicted octanol–water partition coefficient (Wildman–Crippen LogP) is 3.27. The first-order valence-corrected chi connectivity index (χ1v) is 8.05. The maximum Gasteiger partial charge on any atom is 0.194 e. The van der Waals surface area contributed by atoms with Gasteiger partial charge in [0.2, 0.25) is 0 Å². The molecule has 0 aromatic heterocycles. The van der Waals surface area contributed by atoms with Crippen LogP contribution >= 0.6 is 15.9 Å². The molecule has 118 valence electrons. The van der Waals surface area contributed by atoms with Gasteiger partial charge >= 0.3 is 0 Å². The number of aliphatic imine (C=N–C) groups is 1. The molecule has 1 aliphatic heterocycles. The van der Waals surface area contributed by atoms with Crippen molar-refractivity contribution in [1.82, 2.24) is 10.2 Å². The second kappa shape index (κ2) is 8.03. The molecule has 0 saturated heterocycles. The summed E-state index contributed by atoms with van der Waals surface area (Å²) in [5, 5.41) is 3.29. The van der Waals surface area contributed by atoms with E-state index in [0.717, 1.165) is 35.7 Å². The molecule has 0 atom stereocenters. The first-order valence-electron chi connectivity index (χ1n) is 7.26. The van der Waals surface area contributed by atoms with E-state index in [-0.39, 0.29) is 0 Å². The van der Waals surface area contributed by atoms with Gasteiger partial charge in [-0.3, -0.25) is 4.99 Å². The first kappa shape index (κ1) is 16.6. The molecule has 0 radical (unpaired) electrons. The molecule has 22 heavy (non-hydrogen) atoms. The number of hydrogen-bond acceptors (Lipinski definition) is 2. The Morgan fingerprint density at radius 3 is 2.91 bits per heavy atom. The number of nitrogens with zero attached hydrogens (tertiary/aromatic N) is 2. The highest BCUT2D eigenvalue weighted by Crippen LogP contribution is 2.25. The second-order valence-corrected chi connectivity index (χ2v) is 6.20. The number of methoxy groups -OCH3 is 1. The summed E-state index contributed by atoms with van der Waals surface area (Å²) in [5.41, 5.74) is 2.59. The third-order valence-corrected chi connectivity index (χ3v) is 3.88. The fraction of sp³-hybridized carbons (Fsp3) is 0.353. The van der Waals surface area contributed by atoms with Gasteiger partial charge in [-0.1, -0.05) is 40.7 Å². The second-order valence-electron chi connectivity index (χ2n) is 5.08. The van der Waals surface area contributed by atoms with Crippen LogP contribution < -0.4 is 10.1 Å². The summed E-state index contributed by atoms with van der Waals surface area (Å²) in [4.78, 5) is 6.56. The third kappa shape index (κ3) is 4.37. The Balaban J connectivity index is 2.03. The summed E-state index contributed by atoms with van der Waals surface area (Å²) in [6.07, 6.45) is 3.25. The van der Waals surface area contributed by atoms with Gasteiger partial charge in [-0.2, -0.15) is 0 Å². The van der Waals surface area contributed by atoms with Crippen molar-refractivity contribution in [2.75, 3.05) is 33.8 Å². The number of nitrogens with one attached hydrogen (secondary N) is 1. The van der Waals surface area contributed by atoms with E-state index < -0.39 is 0 Å². The highest BCUT2D eigenvalue weighted by Gasteiger charge is 2.16. The lowest BCUT2D eigenvalue weighted by Gasteiger charge is -2.29. The van der Waals surface area contributed by atoms with Crippen LogP contribution in [0.25, 0.3) is 5.57 Å². The quantitative estimate of drug-likeness (QED) is 0.658. The van der Waals surface area contributed by atoms with E-state index >= 15 is 0 Å². The van der Waals surface area contributed by atoms with Crippen LogP contribution in [0.1, 0.15) is 12.0 Å². The number of hydrogen-bond donors (Lipinski definition) is 1. The van der Waals surface area contributed by atoms with Gasteiger partial charge in [0, 0.05) is 31.2 Å². The summed E-state index contributed by atoms with van der Waals surface area (Å²) in [7, 11) is 3.50. The zero-order valence-electron chi connectivity index (χ0n) is 13.1. The van der Waals surface area contributed by atoms with Gasteiger partial charge in [-0.15, -0.1) is 0 Å². The van der Waals surface area contributed by atoms with Gasteiger partial charge in [-0.25, -0.2) is 0 Å². The van der Waals surface area contributed by atoms with Crippen LogP contribution in [-0.2, 0) is 0 Å². The SMILES string of the molecule is C=C(Br)CNC(=NC)N1CC=C(c2cccc(OC)c2)CC1. The Morgan fingerprint density at radius 2 is 2.32 bits per heavy atom. The highest BCUT2D eigenvalue weighted by atomic mass is 79.9. The van der Waals surface area contributed by atoms with Crippen molar-refractivity contribution in [3.8, 4) is 5.75 Å². The molecule has 0 bridgehead atoms. The molecule has 0 fully saturated rings. The van der Waals surface area contributed by atoms with Crippen molar-refractivity contribution >= 4 is 27.5 Å². The number of guanidine groups is 1. The number of rotatable bonds is 4. The zero-order chi connectivity index (χ0) is 15.9. The van der Waals surface area contributed by atoms with Crippen molar-refractivity contribution in [3.63, 3.8) is 0 Å². The molecule has 0 saturated carbocycles. The lowest BCUT2D eigenvalue weighted by Crippen LogP contribution is -2.43. The van der Waals surface area contributed by atoms with Crippen LogP contribution in [0.3, 0.4) is 0 Å². The van der Waals surface area contributed by atoms with Crippen LogP contribution in [-0.4, -0.2) is 44.7 Å². The van der Waals surface area contributed by atoms with E-state index in [4.69, 9.17) is 4.74 Å². The van der Waals surface area contributed by atoms with Gasteiger partial charge in [0.05, 0.1) is 7.11 Å². The van der Waals surface area contributed by atoms with E-state index in [1.54, 1.807) is 14.2 Å². The lowest BCUT2D eigenvalue weighted by atomic mass is 9.99. The van der Waals surface area contributed by atoms with Gasteiger partial charge in [-0.05, 0) is 29.7 Å². The van der Waals surface area contributed by atoms with Crippen LogP contribution in [0, 0.1) is 0 Å². The molecule has 1 N–H and O–H groups in total. The van der Waals surface area contributed by atoms with E-state index in [1.807, 2.05) is 12.1 Å². The molecule has 1 aliphatic rings. The lowest BCUT2D eigenvalue weighted by molar-refractivity contribution is 0.414.